The normalized spacial score (nSPS) is 9.00. The summed E-state index contributed by atoms with van der Waals surface area (Å²) in [5.41, 5.74) is 0.464. The van der Waals surface area contributed by atoms with Crippen LogP contribution in [-0.4, -0.2) is 19.0 Å². The molecule has 4 nitrogen and oxygen atoms in total. The van der Waals surface area contributed by atoms with Crippen molar-refractivity contribution in [3.8, 4) is 0 Å². The minimum absolute atomic E-state index is 0.403. The molecule has 1 rings (SSSR count). The van der Waals surface area contributed by atoms with Crippen molar-refractivity contribution in [2.75, 3.05) is 7.05 Å². The van der Waals surface area contributed by atoms with Gasteiger partial charge in [0.15, 0.2) is 0 Å². The first-order valence-corrected chi connectivity index (χ1v) is 3.82. The van der Waals surface area contributed by atoms with E-state index in [1.165, 1.54) is 7.05 Å². The van der Waals surface area contributed by atoms with Crippen LogP contribution in [0.2, 0.25) is 0 Å². The van der Waals surface area contributed by atoms with Gasteiger partial charge in [-0.25, -0.2) is 4.79 Å². The molecule has 0 aliphatic rings. The standard InChI is InChI=1S/C9H10N2O2/c1-10-9(13)11-8(12)7-5-3-2-4-6-7/h2-6H,1H3,(H2,10,11,12,13). The summed E-state index contributed by atoms with van der Waals surface area (Å²) in [5, 5.41) is 4.45. The van der Waals surface area contributed by atoms with Gasteiger partial charge in [0.1, 0.15) is 0 Å². The quantitative estimate of drug-likeness (QED) is 0.666. The van der Waals surface area contributed by atoms with Crippen LogP contribution in [0.5, 0.6) is 0 Å². The maximum absolute atomic E-state index is 11.2. The minimum Gasteiger partial charge on any atom is -0.341 e. The third-order valence-electron chi connectivity index (χ3n) is 1.49. The topological polar surface area (TPSA) is 58.2 Å². The van der Waals surface area contributed by atoms with Gasteiger partial charge in [0.2, 0.25) is 0 Å². The average molecular weight is 178 g/mol. The van der Waals surface area contributed by atoms with Gasteiger partial charge >= 0.3 is 6.03 Å². The molecule has 0 aliphatic carbocycles. The van der Waals surface area contributed by atoms with Gasteiger partial charge in [-0.15, -0.1) is 0 Å². The van der Waals surface area contributed by atoms with Gasteiger partial charge in [-0.3, -0.25) is 10.1 Å². The number of carbonyl (C=O) groups is 2. The van der Waals surface area contributed by atoms with Gasteiger partial charge in [0.25, 0.3) is 5.91 Å². The summed E-state index contributed by atoms with van der Waals surface area (Å²) < 4.78 is 0. The lowest BCUT2D eigenvalue weighted by molar-refractivity contribution is 0.0964. The molecule has 0 radical (unpaired) electrons. The molecule has 0 aromatic heterocycles. The smallest absolute Gasteiger partial charge is 0.321 e. The van der Waals surface area contributed by atoms with Gasteiger partial charge in [-0.1, -0.05) is 18.2 Å². The SMILES string of the molecule is CNC(=O)NC(=O)c1ccccc1. The fourth-order valence-corrected chi connectivity index (χ4v) is 0.827. The van der Waals surface area contributed by atoms with Crippen molar-refractivity contribution in [1.82, 2.24) is 10.6 Å². The highest BCUT2D eigenvalue weighted by Crippen LogP contribution is 1.96. The average Bonchev–Trinajstić information content (AvgIpc) is 2.19. The molecule has 3 amide bonds. The van der Waals surface area contributed by atoms with Crippen LogP contribution in [0.1, 0.15) is 10.4 Å². The number of amides is 3. The second-order valence-corrected chi connectivity index (χ2v) is 2.40. The molecule has 1 aromatic rings. The number of hydrogen-bond acceptors (Lipinski definition) is 2. The largest absolute Gasteiger partial charge is 0.341 e. The highest BCUT2D eigenvalue weighted by molar-refractivity contribution is 6.04. The zero-order valence-corrected chi connectivity index (χ0v) is 7.20. The second-order valence-electron chi connectivity index (χ2n) is 2.40. The Hall–Kier alpha value is -1.84. The lowest BCUT2D eigenvalue weighted by atomic mass is 10.2. The predicted octanol–water partition coefficient (Wildman–Crippen LogP) is 0.756. The molecule has 2 N–H and O–H groups in total. The van der Waals surface area contributed by atoms with Crippen LogP contribution in [-0.2, 0) is 0 Å². The molecule has 4 heteroatoms. The Bertz CT molecular complexity index is 309. The summed E-state index contributed by atoms with van der Waals surface area (Å²) in [6, 6.07) is 8.04. The number of rotatable bonds is 1. The fourth-order valence-electron chi connectivity index (χ4n) is 0.827. The van der Waals surface area contributed by atoms with E-state index in [0.717, 1.165) is 0 Å². The molecular formula is C9H10N2O2. The van der Waals surface area contributed by atoms with Crippen LogP contribution in [0.25, 0.3) is 0 Å². The van der Waals surface area contributed by atoms with E-state index >= 15 is 0 Å². The first kappa shape index (κ1) is 9.25. The van der Waals surface area contributed by atoms with Crippen LogP contribution in [0.3, 0.4) is 0 Å². The second kappa shape index (κ2) is 4.25. The molecule has 0 saturated heterocycles. The summed E-state index contributed by atoms with van der Waals surface area (Å²) in [6.45, 7) is 0. The van der Waals surface area contributed by atoms with Crippen LogP contribution < -0.4 is 10.6 Å². The number of urea groups is 1. The van der Waals surface area contributed by atoms with Crippen LogP contribution in [0, 0.1) is 0 Å². The number of carbonyl (C=O) groups excluding carboxylic acids is 2. The third kappa shape index (κ3) is 2.59. The molecule has 0 spiro atoms. The maximum atomic E-state index is 11.2. The maximum Gasteiger partial charge on any atom is 0.321 e. The number of nitrogens with one attached hydrogen (secondary N) is 2. The van der Waals surface area contributed by atoms with Crippen molar-refractivity contribution in [3.63, 3.8) is 0 Å². The predicted molar refractivity (Wildman–Crippen MR) is 48.4 cm³/mol. The first-order chi connectivity index (χ1) is 6.24. The van der Waals surface area contributed by atoms with E-state index in [2.05, 4.69) is 10.6 Å². The zero-order chi connectivity index (χ0) is 9.68. The van der Waals surface area contributed by atoms with Crippen molar-refractivity contribution in [2.45, 2.75) is 0 Å². The third-order valence-corrected chi connectivity index (χ3v) is 1.49. The van der Waals surface area contributed by atoms with Crippen LogP contribution in [0.15, 0.2) is 30.3 Å². The molecule has 68 valence electrons. The van der Waals surface area contributed by atoms with Gasteiger partial charge in [0, 0.05) is 12.6 Å². The summed E-state index contributed by atoms with van der Waals surface area (Å²) in [6.07, 6.45) is 0. The van der Waals surface area contributed by atoms with Crippen molar-refractivity contribution in [3.05, 3.63) is 35.9 Å². The summed E-state index contributed by atoms with van der Waals surface area (Å²) in [7, 11) is 1.45. The van der Waals surface area contributed by atoms with Crippen LogP contribution >= 0.6 is 0 Å². The number of hydrogen-bond donors (Lipinski definition) is 2. The van der Waals surface area contributed by atoms with E-state index in [4.69, 9.17) is 0 Å². The van der Waals surface area contributed by atoms with Crippen molar-refractivity contribution >= 4 is 11.9 Å². The van der Waals surface area contributed by atoms with Gasteiger partial charge in [-0.2, -0.15) is 0 Å². The van der Waals surface area contributed by atoms with E-state index in [1.54, 1.807) is 30.3 Å². The Morgan fingerprint density at radius 1 is 1.15 bits per heavy atom. The molecule has 1 aromatic carbocycles. The summed E-state index contributed by atoms with van der Waals surface area (Å²) >= 11 is 0. The summed E-state index contributed by atoms with van der Waals surface area (Å²) in [4.78, 5) is 22.0. The zero-order valence-electron chi connectivity index (χ0n) is 7.20. The van der Waals surface area contributed by atoms with Crippen molar-refractivity contribution in [2.24, 2.45) is 0 Å². The molecule has 0 heterocycles. The molecule has 0 aliphatic heterocycles. The van der Waals surface area contributed by atoms with E-state index < -0.39 is 11.9 Å². The fraction of sp³-hybridized carbons (Fsp3) is 0.111. The molecule has 13 heavy (non-hydrogen) atoms. The molecule has 0 unspecified atom stereocenters. The first-order valence-electron chi connectivity index (χ1n) is 3.82. The molecule has 0 fully saturated rings. The minimum atomic E-state index is -0.506. The van der Waals surface area contributed by atoms with Crippen molar-refractivity contribution < 1.29 is 9.59 Å². The Morgan fingerprint density at radius 2 is 1.77 bits per heavy atom. The van der Waals surface area contributed by atoms with Crippen molar-refractivity contribution in [1.29, 1.82) is 0 Å². The highest BCUT2D eigenvalue weighted by atomic mass is 16.2. The Labute approximate surface area is 75.9 Å². The lowest BCUT2D eigenvalue weighted by Crippen LogP contribution is -2.37. The van der Waals surface area contributed by atoms with Gasteiger partial charge in [-0.05, 0) is 12.1 Å². The van der Waals surface area contributed by atoms with Crippen LogP contribution in [0.4, 0.5) is 4.79 Å². The highest BCUT2D eigenvalue weighted by Gasteiger charge is 2.06. The molecule has 0 bridgehead atoms. The molecule has 0 atom stereocenters. The molecule has 0 saturated carbocycles. The molecular weight excluding hydrogens is 168 g/mol. The monoisotopic (exact) mass is 178 g/mol. The lowest BCUT2D eigenvalue weighted by Gasteiger charge is -2.01. The van der Waals surface area contributed by atoms with Gasteiger partial charge in [0.05, 0.1) is 0 Å². The number of benzene rings is 1. The van der Waals surface area contributed by atoms with Gasteiger partial charge < -0.3 is 5.32 Å². The van der Waals surface area contributed by atoms with E-state index in [-0.39, 0.29) is 0 Å². The van der Waals surface area contributed by atoms with E-state index in [1.807, 2.05) is 0 Å². The van der Waals surface area contributed by atoms with E-state index in [9.17, 15) is 9.59 Å². The summed E-state index contributed by atoms with van der Waals surface area (Å²) in [5.74, 6) is -0.403. The number of imide groups is 1. The Morgan fingerprint density at radius 3 is 2.31 bits per heavy atom. The van der Waals surface area contributed by atoms with E-state index in [0.29, 0.717) is 5.56 Å². The Balaban J connectivity index is 2.65. The Kier molecular flexibility index (Phi) is 3.03.